The molecule has 7 heteroatoms. The minimum atomic E-state index is -1.12. The summed E-state index contributed by atoms with van der Waals surface area (Å²) in [5, 5.41) is 15.6. The monoisotopic (exact) mass is 358 g/mol. The van der Waals surface area contributed by atoms with E-state index in [1.54, 1.807) is 0 Å². The first kappa shape index (κ1) is 27.3. The fraction of sp³-hybridized carbons (Fsp3) is 0.500. The first-order valence-corrected chi connectivity index (χ1v) is 7.84. The first-order valence-electron chi connectivity index (χ1n) is 7.84. The molecule has 0 aliphatic rings. The Morgan fingerprint density at radius 3 is 1.84 bits per heavy atom. The summed E-state index contributed by atoms with van der Waals surface area (Å²) in [6.07, 6.45) is 6.04. The Bertz CT molecular complexity index is 439. The van der Waals surface area contributed by atoms with Crippen LogP contribution in [0.1, 0.15) is 46.0 Å². The number of carbonyl (C=O) groups is 3. The first-order chi connectivity index (χ1) is 11.7. The minimum absolute atomic E-state index is 0.236. The second kappa shape index (κ2) is 19.5. The van der Waals surface area contributed by atoms with Crippen LogP contribution in [0.25, 0.3) is 0 Å². The van der Waals surface area contributed by atoms with E-state index in [4.69, 9.17) is 14.9 Å². The molecule has 0 fully saturated rings. The van der Waals surface area contributed by atoms with Crippen LogP contribution < -0.4 is 0 Å². The Morgan fingerprint density at radius 2 is 1.56 bits per heavy atom. The van der Waals surface area contributed by atoms with E-state index in [-0.39, 0.29) is 11.7 Å². The van der Waals surface area contributed by atoms with Crippen LogP contribution in [0.5, 0.6) is 0 Å². The summed E-state index contributed by atoms with van der Waals surface area (Å²) in [5.41, 5.74) is 0.565. The predicted molar refractivity (Wildman–Crippen MR) is 96.1 cm³/mol. The van der Waals surface area contributed by atoms with Crippen LogP contribution in [-0.2, 0) is 23.9 Å². The zero-order valence-electron chi connectivity index (χ0n) is 15.4. The molecule has 0 aliphatic heterocycles. The average molecular weight is 358 g/mol. The molecule has 0 saturated carbocycles. The standard InChI is InChI=1S/C11H20O2.C4H6O3.C3H4O2/c1-4-6-7-8-9-13-11(12)10(3)5-2;1-3(7-2)4(5)6;1-2-3(4)5/h3-9H2,1-2H3;1H2,2H3,(H,5,6);2H,1H2,(H,4,5). The summed E-state index contributed by atoms with van der Waals surface area (Å²) in [5.74, 6) is -2.58. The van der Waals surface area contributed by atoms with Crippen molar-refractivity contribution in [3.8, 4) is 0 Å². The van der Waals surface area contributed by atoms with E-state index < -0.39 is 11.9 Å². The number of ether oxygens (including phenoxy) is 2. The molecule has 0 unspecified atom stereocenters. The number of rotatable bonds is 10. The molecule has 0 rings (SSSR count). The van der Waals surface area contributed by atoms with E-state index in [9.17, 15) is 14.4 Å². The third kappa shape index (κ3) is 23.8. The molecule has 0 atom stereocenters. The van der Waals surface area contributed by atoms with E-state index in [1.807, 2.05) is 6.92 Å². The summed E-state index contributed by atoms with van der Waals surface area (Å²) in [6, 6.07) is 0. The minimum Gasteiger partial charge on any atom is -0.490 e. The zero-order chi connectivity index (χ0) is 20.3. The highest BCUT2D eigenvalue weighted by Gasteiger charge is 2.04. The third-order valence-corrected chi connectivity index (χ3v) is 2.61. The summed E-state index contributed by atoms with van der Waals surface area (Å²) < 4.78 is 9.22. The number of aliphatic carboxylic acids is 2. The second-order valence-corrected chi connectivity index (χ2v) is 4.63. The molecule has 144 valence electrons. The number of hydrogen-bond donors (Lipinski definition) is 2. The highest BCUT2D eigenvalue weighted by molar-refractivity contribution is 5.87. The number of esters is 1. The summed E-state index contributed by atoms with van der Waals surface area (Å²) in [6.45, 7) is 14.2. The van der Waals surface area contributed by atoms with Gasteiger partial charge in [0, 0.05) is 11.6 Å². The highest BCUT2D eigenvalue weighted by Crippen LogP contribution is 2.03. The molecular formula is C18H30O7. The van der Waals surface area contributed by atoms with Gasteiger partial charge in [-0.15, -0.1) is 0 Å². The summed E-state index contributed by atoms with van der Waals surface area (Å²) in [7, 11) is 1.26. The molecule has 0 aromatic heterocycles. The lowest BCUT2D eigenvalue weighted by Gasteiger charge is -2.04. The van der Waals surface area contributed by atoms with Gasteiger partial charge < -0.3 is 19.7 Å². The lowest BCUT2D eigenvalue weighted by atomic mass is 10.2. The quantitative estimate of drug-likeness (QED) is 0.266. The van der Waals surface area contributed by atoms with Gasteiger partial charge in [0.05, 0.1) is 13.7 Å². The molecule has 2 N–H and O–H groups in total. The lowest BCUT2D eigenvalue weighted by Crippen LogP contribution is -2.07. The van der Waals surface area contributed by atoms with Crippen LogP contribution in [0.4, 0.5) is 0 Å². The van der Waals surface area contributed by atoms with Crippen molar-refractivity contribution in [2.45, 2.75) is 46.0 Å². The summed E-state index contributed by atoms with van der Waals surface area (Å²) >= 11 is 0. The molecule has 7 nitrogen and oxygen atoms in total. The zero-order valence-corrected chi connectivity index (χ0v) is 15.4. The van der Waals surface area contributed by atoms with Crippen molar-refractivity contribution >= 4 is 17.9 Å². The van der Waals surface area contributed by atoms with Crippen LogP contribution in [0.3, 0.4) is 0 Å². The van der Waals surface area contributed by atoms with Gasteiger partial charge in [-0.05, 0) is 19.4 Å². The molecule has 0 aromatic carbocycles. The molecule has 0 radical (unpaired) electrons. The van der Waals surface area contributed by atoms with Crippen molar-refractivity contribution < 1.29 is 34.1 Å². The molecule has 0 heterocycles. The number of carbonyl (C=O) groups excluding carboxylic acids is 1. The maximum absolute atomic E-state index is 11.1. The maximum Gasteiger partial charge on any atom is 0.370 e. The van der Waals surface area contributed by atoms with Crippen molar-refractivity contribution in [2.75, 3.05) is 13.7 Å². The Morgan fingerprint density at radius 1 is 1.04 bits per heavy atom. The Balaban J connectivity index is -0.000000337. The van der Waals surface area contributed by atoms with E-state index in [0.29, 0.717) is 18.6 Å². The third-order valence-electron chi connectivity index (χ3n) is 2.61. The normalized spacial score (nSPS) is 8.44. The van der Waals surface area contributed by atoms with Gasteiger partial charge in [0.25, 0.3) is 0 Å². The molecule has 0 spiro atoms. The second-order valence-electron chi connectivity index (χ2n) is 4.63. The predicted octanol–water partition coefficient (Wildman–Crippen LogP) is 3.56. The average Bonchev–Trinajstić information content (AvgIpc) is 2.60. The number of carboxylic acids is 2. The Hall–Kier alpha value is -2.57. The van der Waals surface area contributed by atoms with Crippen molar-refractivity contribution in [3.63, 3.8) is 0 Å². The van der Waals surface area contributed by atoms with E-state index in [1.165, 1.54) is 20.0 Å². The van der Waals surface area contributed by atoms with Crippen LogP contribution in [0.15, 0.2) is 37.1 Å². The van der Waals surface area contributed by atoms with Gasteiger partial charge in [-0.2, -0.15) is 0 Å². The van der Waals surface area contributed by atoms with Gasteiger partial charge >= 0.3 is 17.9 Å². The smallest absolute Gasteiger partial charge is 0.370 e. The maximum atomic E-state index is 11.1. The van der Waals surface area contributed by atoms with Gasteiger partial charge in [-0.3, -0.25) is 0 Å². The van der Waals surface area contributed by atoms with Gasteiger partial charge in [-0.1, -0.05) is 46.3 Å². The lowest BCUT2D eigenvalue weighted by molar-refractivity contribution is -0.139. The van der Waals surface area contributed by atoms with E-state index in [0.717, 1.165) is 18.9 Å². The van der Waals surface area contributed by atoms with Crippen molar-refractivity contribution in [3.05, 3.63) is 37.1 Å². The molecular weight excluding hydrogens is 328 g/mol. The molecule has 0 bridgehead atoms. The van der Waals surface area contributed by atoms with E-state index in [2.05, 4.69) is 31.4 Å². The van der Waals surface area contributed by atoms with Crippen LogP contribution in [0.2, 0.25) is 0 Å². The largest absolute Gasteiger partial charge is 0.490 e. The van der Waals surface area contributed by atoms with Crippen LogP contribution in [0, 0.1) is 0 Å². The van der Waals surface area contributed by atoms with E-state index >= 15 is 0 Å². The van der Waals surface area contributed by atoms with Gasteiger partial charge in [0.1, 0.15) is 0 Å². The molecule has 0 aromatic rings. The van der Waals surface area contributed by atoms with Crippen molar-refractivity contribution in [2.24, 2.45) is 0 Å². The highest BCUT2D eigenvalue weighted by atomic mass is 16.5. The fourth-order valence-electron chi connectivity index (χ4n) is 1.03. The number of carboxylic acid groups (broad SMARTS) is 2. The fourth-order valence-corrected chi connectivity index (χ4v) is 1.03. The Kier molecular flexibility index (Phi) is 21.3. The number of methoxy groups -OCH3 is 1. The van der Waals surface area contributed by atoms with Crippen molar-refractivity contribution in [1.29, 1.82) is 0 Å². The molecule has 0 amide bonds. The molecule has 0 saturated heterocycles. The topological polar surface area (TPSA) is 110 Å². The molecule has 25 heavy (non-hydrogen) atoms. The van der Waals surface area contributed by atoms with Gasteiger partial charge in [0.15, 0.2) is 5.76 Å². The SMILES string of the molecule is C=C(CC)C(=O)OCCCCCC.C=C(OC)C(=O)O.C=CC(=O)O. The summed E-state index contributed by atoms with van der Waals surface area (Å²) in [4.78, 5) is 30.0. The Labute approximate surface area is 149 Å². The van der Waals surface area contributed by atoms with Gasteiger partial charge in [0.2, 0.25) is 0 Å². The van der Waals surface area contributed by atoms with Gasteiger partial charge in [-0.25, -0.2) is 14.4 Å². The number of unbranched alkanes of at least 4 members (excludes halogenated alkanes) is 3. The van der Waals surface area contributed by atoms with Crippen LogP contribution >= 0.6 is 0 Å². The molecule has 0 aliphatic carbocycles. The number of hydrogen-bond acceptors (Lipinski definition) is 5. The van der Waals surface area contributed by atoms with Crippen molar-refractivity contribution in [1.82, 2.24) is 0 Å². The van der Waals surface area contributed by atoms with Crippen LogP contribution in [-0.4, -0.2) is 41.8 Å².